The van der Waals surface area contributed by atoms with Gasteiger partial charge >= 0.3 is 5.97 Å². The number of amides is 1. The summed E-state index contributed by atoms with van der Waals surface area (Å²) >= 11 is 13.0. The van der Waals surface area contributed by atoms with E-state index in [1.165, 1.54) is 0 Å². The van der Waals surface area contributed by atoms with E-state index in [1.807, 2.05) is 18.2 Å². The Hall–Kier alpha value is -3.07. The van der Waals surface area contributed by atoms with E-state index in [9.17, 15) is 9.59 Å². The summed E-state index contributed by atoms with van der Waals surface area (Å²) in [6.07, 6.45) is 4.27. The van der Waals surface area contributed by atoms with Crippen molar-refractivity contribution in [3.8, 4) is 11.3 Å². The Morgan fingerprint density at radius 2 is 1.84 bits per heavy atom. The Bertz CT molecular complexity index is 1350. The molecule has 3 fully saturated rings. The van der Waals surface area contributed by atoms with Gasteiger partial charge in [-0.15, -0.1) is 0 Å². The van der Waals surface area contributed by atoms with Crippen LogP contribution in [0.5, 0.6) is 0 Å². The van der Waals surface area contributed by atoms with Gasteiger partial charge in [0.2, 0.25) is 0 Å². The van der Waals surface area contributed by atoms with Crippen LogP contribution in [0.2, 0.25) is 10.0 Å². The molecule has 198 valence electrons. The first kappa shape index (κ1) is 25.2. The lowest BCUT2D eigenvalue weighted by molar-refractivity contribution is -0.135. The number of rotatable bonds is 9. The minimum atomic E-state index is -1.07. The highest BCUT2D eigenvalue weighted by Crippen LogP contribution is 2.47. The van der Waals surface area contributed by atoms with E-state index in [0.29, 0.717) is 51.4 Å². The van der Waals surface area contributed by atoms with Gasteiger partial charge in [-0.05, 0) is 62.1 Å². The molecule has 3 aromatic rings. The predicted molar refractivity (Wildman–Crippen MR) is 143 cm³/mol. The zero-order chi connectivity index (χ0) is 26.4. The molecule has 3 aliphatic rings. The number of carboxylic acids is 1. The standard InChI is InChI=1S/C28H27Cl2N3O5/c29-21-2-1-3-22(30)25(21)26-20(27(38-32-26)15-4-5-15)14-37-23-11-19-10-17(23)13-33(19)18-8-6-16(7-9-18)28(36)31-12-24(34)35/h1-3,6-9,15,17,19,23H,4-5,10-14H2,(H,31,36)(H,34,35)/t17-,19-,23+/m0/s1. The maximum atomic E-state index is 12.1. The van der Waals surface area contributed by atoms with E-state index in [2.05, 4.69) is 15.4 Å². The molecule has 3 atom stereocenters. The summed E-state index contributed by atoms with van der Waals surface area (Å²) in [5.74, 6) is 0.188. The van der Waals surface area contributed by atoms with Crippen LogP contribution in [0.25, 0.3) is 11.3 Å². The smallest absolute Gasteiger partial charge is 0.322 e. The lowest BCUT2D eigenvalue weighted by Crippen LogP contribution is -2.38. The van der Waals surface area contributed by atoms with Crippen molar-refractivity contribution in [3.05, 3.63) is 69.4 Å². The van der Waals surface area contributed by atoms with E-state index in [4.69, 9.17) is 37.6 Å². The van der Waals surface area contributed by atoms with Crippen molar-refractivity contribution in [1.29, 1.82) is 0 Å². The predicted octanol–water partition coefficient (Wildman–Crippen LogP) is 5.52. The molecule has 1 amide bonds. The van der Waals surface area contributed by atoms with Crippen LogP contribution in [0.3, 0.4) is 0 Å². The average Bonchev–Trinajstić information content (AvgIpc) is 3.35. The minimum Gasteiger partial charge on any atom is -0.480 e. The number of carboxylic acid groups (broad SMARTS) is 1. The van der Waals surface area contributed by atoms with Crippen molar-refractivity contribution < 1.29 is 24.0 Å². The monoisotopic (exact) mass is 555 g/mol. The second-order valence-electron chi connectivity index (χ2n) is 10.3. The molecular weight excluding hydrogens is 529 g/mol. The van der Waals surface area contributed by atoms with Crippen molar-refractivity contribution in [2.45, 2.75) is 50.4 Å². The van der Waals surface area contributed by atoms with E-state index in [1.54, 1.807) is 24.3 Å². The molecule has 1 aliphatic heterocycles. The van der Waals surface area contributed by atoms with Crippen LogP contribution in [0.1, 0.15) is 53.3 Å². The van der Waals surface area contributed by atoms with Gasteiger partial charge in [0.15, 0.2) is 0 Å². The molecule has 2 heterocycles. The van der Waals surface area contributed by atoms with Gasteiger partial charge in [0.1, 0.15) is 18.0 Å². The van der Waals surface area contributed by atoms with Gasteiger partial charge in [-0.1, -0.05) is 34.4 Å². The molecule has 8 nitrogen and oxygen atoms in total. The number of carbonyl (C=O) groups excluding carboxylic acids is 1. The lowest BCUT2D eigenvalue weighted by Gasteiger charge is -2.33. The van der Waals surface area contributed by atoms with Crippen LogP contribution in [0.15, 0.2) is 47.0 Å². The van der Waals surface area contributed by atoms with Crippen molar-refractivity contribution in [1.82, 2.24) is 10.5 Å². The summed E-state index contributed by atoms with van der Waals surface area (Å²) in [6, 6.07) is 13.1. The van der Waals surface area contributed by atoms with E-state index in [-0.39, 0.29) is 6.10 Å². The maximum absolute atomic E-state index is 12.1. The Labute approximate surface area is 229 Å². The van der Waals surface area contributed by atoms with Crippen LogP contribution < -0.4 is 10.2 Å². The van der Waals surface area contributed by atoms with Gasteiger partial charge in [0, 0.05) is 46.8 Å². The summed E-state index contributed by atoms with van der Waals surface area (Å²) in [6.45, 7) is 0.879. The normalized spacial score (nSPS) is 22.2. The number of piperidine rings is 1. The zero-order valence-corrected chi connectivity index (χ0v) is 22.0. The SMILES string of the molecule is O=C(O)CNC(=O)c1ccc(N2C[C@@H]3C[C@H]2C[C@H]3OCc2c(-c3c(Cl)cccc3Cl)noc2C2CC2)cc1. The fourth-order valence-corrected chi connectivity index (χ4v) is 6.30. The summed E-state index contributed by atoms with van der Waals surface area (Å²) in [5.41, 5.74) is 3.79. The molecule has 6 rings (SSSR count). The van der Waals surface area contributed by atoms with Gasteiger partial charge in [-0.25, -0.2) is 0 Å². The van der Waals surface area contributed by atoms with Crippen LogP contribution in [0.4, 0.5) is 5.69 Å². The third-order valence-electron chi connectivity index (χ3n) is 7.75. The van der Waals surface area contributed by atoms with Crippen LogP contribution in [-0.4, -0.2) is 47.4 Å². The lowest BCUT2D eigenvalue weighted by atomic mass is 10.0. The molecule has 0 unspecified atom stereocenters. The Kier molecular flexibility index (Phi) is 6.80. The molecule has 10 heteroatoms. The Morgan fingerprint density at radius 1 is 1.11 bits per heavy atom. The number of halogens is 2. The number of aromatic nitrogens is 1. The van der Waals surface area contributed by atoms with Crippen molar-refractivity contribution in [2.24, 2.45) is 5.92 Å². The highest BCUT2D eigenvalue weighted by Gasteiger charge is 2.45. The zero-order valence-electron chi connectivity index (χ0n) is 20.5. The Balaban J connectivity index is 1.11. The second kappa shape index (κ2) is 10.2. The third kappa shape index (κ3) is 4.88. The van der Waals surface area contributed by atoms with Crippen LogP contribution in [-0.2, 0) is 16.1 Å². The molecule has 0 spiro atoms. The first-order valence-electron chi connectivity index (χ1n) is 12.8. The summed E-state index contributed by atoms with van der Waals surface area (Å²) in [7, 11) is 0. The highest BCUT2D eigenvalue weighted by molar-refractivity contribution is 6.39. The number of fused-ring (bicyclic) bond motifs is 2. The Morgan fingerprint density at radius 3 is 2.47 bits per heavy atom. The van der Waals surface area contributed by atoms with Gasteiger partial charge < -0.3 is 24.6 Å². The molecular formula is C28H27Cl2N3O5. The molecule has 2 saturated carbocycles. The third-order valence-corrected chi connectivity index (χ3v) is 8.38. The van der Waals surface area contributed by atoms with Crippen LogP contribution >= 0.6 is 23.2 Å². The van der Waals surface area contributed by atoms with Gasteiger partial charge in [-0.2, -0.15) is 0 Å². The van der Waals surface area contributed by atoms with Crippen molar-refractivity contribution in [2.75, 3.05) is 18.0 Å². The van der Waals surface area contributed by atoms with Gasteiger partial charge in [0.05, 0.1) is 22.8 Å². The number of benzene rings is 2. The summed E-state index contributed by atoms with van der Waals surface area (Å²) < 4.78 is 12.3. The fourth-order valence-electron chi connectivity index (χ4n) is 5.73. The second-order valence-corrected chi connectivity index (χ2v) is 11.1. The molecule has 38 heavy (non-hydrogen) atoms. The average molecular weight is 556 g/mol. The number of ether oxygens (including phenoxy) is 1. The number of hydrogen-bond acceptors (Lipinski definition) is 6. The molecule has 2 N–H and O–H groups in total. The molecule has 2 aromatic carbocycles. The number of hydrogen-bond donors (Lipinski definition) is 2. The van der Waals surface area contributed by atoms with Gasteiger partial charge in [-0.3, -0.25) is 9.59 Å². The first-order chi connectivity index (χ1) is 18.4. The molecule has 2 aliphatic carbocycles. The quantitative estimate of drug-likeness (QED) is 0.358. The van der Waals surface area contributed by atoms with Crippen LogP contribution in [0, 0.1) is 5.92 Å². The minimum absolute atomic E-state index is 0.133. The fraction of sp³-hybridized carbons (Fsp3) is 0.393. The van der Waals surface area contributed by atoms with E-state index < -0.39 is 18.4 Å². The summed E-state index contributed by atoms with van der Waals surface area (Å²) in [5, 5.41) is 16.6. The number of nitrogens with one attached hydrogen (secondary N) is 1. The number of nitrogens with zero attached hydrogens (tertiary/aromatic N) is 2. The summed E-state index contributed by atoms with van der Waals surface area (Å²) in [4.78, 5) is 25.2. The number of carbonyl (C=O) groups is 2. The number of aliphatic carboxylic acids is 1. The molecule has 0 radical (unpaired) electrons. The number of anilines is 1. The van der Waals surface area contributed by atoms with Crippen molar-refractivity contribution in [3.63, 3.8) is 0 Å². The van der Waals surface area contributed by atoms with E-state index >= 15 is 0 Å². The maximum Gasteiger partial charge on any atom is 0.322 e. The highest BCUT2D eigenvalue weighted by atomic mass is 35.5. The molecule has 1 saturated heterocycles. The topological polar surface area (TPSA) is 105 Å². The van der Waals surface area contributed by atoms with Gasteiger partial charge in [0.25, 0.3) is 5.91 Å². The first-order valence-corrected chi connectivity index (χ1v) is 13.6. The largest absolute Gasteiger partial charge is 0.480 e. The van der Waals surface area contributed by atoms with Crippen molar-refractivity contribution >= 4 is 40.8 Å². The molecule has 1 aromatic heterocycles. The molecule has 2 bridgehead atoms. The van der Waals surface area contributed by atoms with E-state index in [0.717, 1.165) is 49.2 Å².